The summed E-state index contributed by atoms with van der Waals surface area (Å²) in [5.74, 6) is -0.466. The van der Waals surface area contributed by atoms with Crippen molar-refractivity contribution in [1.82, 2.24) is 41.4 Å². The molecule has 0 aliphatic rings. The van der Waals surface area contributed by atoms with Crippen LogP contribution in [0.5, 0.6) is 11.8 Å². The summed E-state index contributed by atoms with van der Waals surface area (Å²) in [6, 6.07) is 0. The van der Waals surface area contributed by atoms with Crippen molar-refractivity contribution >= 4 is 22.3 Å². The van der Waals surface area contributed by atoms with E-state index in [0.717, 1.165) is 0 Å². The number of rotatable bonds is 0. The van der Waals surface area contributed by atoms with Gasteiger partial charge in [0.05, 0.1) is 28.2 Å². The fourth-order valence-electron chi connectivity index (χ4n) is 2.59. The standard InChI is InChI=1S/2C7H8N4O.2H3N.Pt/c2*1-10-4-11(2)6-5(10)7(12)9-3-8-6;;;/h2*3-4H,1-2H3;2*1H3;/q;;;;+2. The molecule has 0 radical (unpaired) electrons. The monoisotopic (exact) mass is 557 g/mol. The molecule has 4 aromatic rings. The minimum absolute atomic E-state index is 0. The van der Waals surface area contributed by atoms with Crippen LogP contribution in [0.25, 0.3) is 22.3 Å². The molecule has 0 saturated heterocycles. The van der Waals surface area contributed by atoms with Crippen LogP contribution in [-0.2, 0) is 49.3 Å². The Hall–Kier alpha value is -2.69. The first-order valence-corrected chi connectivity index (χ1v) is 7.05. The van der Waals surface area contributed by atoms with Crippen LogP contribution in [0, 0.1) is 0 Å². The second-order valence-electron chi connectivity index (χ2n) is 5.38. The minimum Gasteiger partial charge on any atom is -0.856 e. The van der Waals surface area contributed by atoms with E-state index in [0.29, 0.717) is 22.3 Å². The van der Waals surface area contributed by atoms with Crippen LogP contribution < -0.4 is 31.6 Å². The largest absolute Gasteiger partial charge is 2.00 e. The Morgan fingerprint density at radius 2 is 1.07 bits per heavy atom. The quantitative estimate of drug-likeness (QED) is 0.234. The Morgan fingerprint density at radius 3 is 1.37 bits per heavy atom. The SMILES string of the molecule is Cn1c[n+](C)c2ncnc([O-])c21.Cn1c[n+](C)c2ncnc([O-])c21.N.N.[Pt+2]. The Bertz CT molecular complexity index is 961. The van der Waals surface area contributed by atoms with Gasteiger partial charge in [-0.05, 0) is 0 Å². The zero-order valence-corrected chi connectivity index (χ0v) is 17.7. The molecule has 0 fully saturated rings. The first-order chi connectivity index (χ1) is 11.4. The van der Waals surface area contributed by atoms with Crippen molar-refractivity contribution in [2.24, 2.45) is 28.2 Å². The van der Waals surface area contributed by atoms with E-state index >= 15 is 0 Å². The van der Waals surface area contributed by atoms with Crippen molar-refractivity contribution in [2.45, 2.75) is 0 Å². The topological polar surface area (TPSA) is 185 Å². The number of aryl methyl sites for hydroxylation is 4. The average molecular weight is 557 g/mol. The van der Waals surface area contributed by atoms with Crippen molar-refractivity contribution in [2.75, 3.05) is 0 Å². The van der Waals surface area contributed by atoms with E-state index in [1.54, 1.807) is 45.0 Å². The summed E-state index contributed by atoms with van der Waals surface area (Å²) < 4.78 is 7.02. The van der Waals surface area contributed by atoms with E-state index in [1.807, 2.05) is 14.1 Å². The maximum Gasteiger partial charge on any atom is 2.00 e. The molecule has 13 heteroatoms. The number of hydrogen-bond donors (Lipinski definition) is 2. The summed E-state index contributed by atoms with van der Waals surface area (Å²) in [7, 11) is 7.28. The molecule has 27 heavy (non-hydrogen) atoms. The number of nitrogens with zero attached hydrogens (tertiary/aromatic N) is 8. The smallest absolute Gasteiger partial charge is 0.856 e. The van der Waals surface area contributed by atoms with Crippen LogP contribution in [-0.4, -0.2) is 29.1 Å². The molecule has 0 aliphatic carbocycles. The second-order valence-corrected chi connectivity index (χ2v) is 5.38. The van der Waals surface area contributed by atoms with Gasteiger partial charge in [-0.3, -0.25) is 9.13 Å². The summed E-state index contributed by atoms with van der Waals surface area (Å²) in [5, 5.41) is 22.5. The fourth-order valence-corrected chi connectivity index (χ4v) is 2.59. The Kier molecular flexibility index (Phi) is 8.38. The summed E-state index contributed by atoms with van der Waals surface area (Å²) in [6.45, 7) is 0. The minimum atomic E-state index is -0.233. The van der Waals surface area contributed by atoms with Crippen molar-refractivity contribution < 1.29 is 40.4 Å². The maximum atomic E-state index is 11.2. The van der Waals surface area contributed by atoms with Crippen molar-refractivity contribution in [3.05, 3.63) is 25.3 Å². The summed E-state index contributed by atoms with van der Waals surface area (Å²) in [6.07, 6.45) is 6.15. The summed E-state index contributed by atoms with van der Waals surface area (Å²) >= 11 is 0. The van der Waals surface area contributed by atoms with Gasteiger partial charge in [0.2, 0.25) is 0 Å². The van der Waals surface area contributed by atoms with Crippen LogP contribution in [0.15, 0.2) is 25.3 Å². The van der Waals surface area contributed by atoms with E-state index < -0.39 is 0 Å². The first kappa shape index (κ1) is 24.3. The van der Waals surface area contributed by atoms with E-state index in [2.05, 4.69) is 19.9 Å². The van der Waals surface area contributed by atoms with Gasteiger partial charge in [0.1, 0.15) is 0 Å². The van der Waals surface area contributed by atoms with Crippen LogP contribution in [0.2, 0.25) is 0 Å². The third-order valence-electron chi connectivity index (χ3n) is 3.61. The molecule has 148 valence electrons. The second kappa shape index (κ2) is 9.30. The molecular formula is C14H22N10O2Pt+2. The summed E-state index contributed by atoms with van der Waals surface area (Å²) in [4.78, 5) is 15.1. The van der Waals surface area contributed by atoms with Gasteiger partial charge in [0, 0.05) is 11.8 Å². The van der Waals surface area contributed by atoms with E-state index in [-0.39, 0.29) is 45.1 Å². The molecule has 0 atom stereocenters. The molecule has 0 spiro atoms. The van der Waals surface area contributed by atoms with Crippen LogP contribution in [0.4, 0.5) is 0 Å². The number of fused-ring (bicyclic) bond motifs is 2. The average Bonchev–Trinajstić information content (AvgIpc) is 2.99. The van der Waals surface area contributed by atoms with Gasteiger partial charge in [-0.2, -0.15) is 0 Å². The zero-order valence-electron chi connectivity index (χ0n) is 15.4. The molecular weight excluding hydrogens is 535 g/mol. The van der Waals surface area contributed by atoms with E-state index in [9.17, 15) is 10.2 Å². The molecule has 0 bridgehead atoms. The van der Waals surface area contributed by atoms with Crippen LogP contribution >= 0.6 is 0 Å². The Labute approximate surface area is 169 Å². The molecule has 4 aromatic heterocycles. The van der Waals surface area contributed by atoms with E-state index in [4.69, 9.17) is 0 Å². The Balaban J connectivity index is 0.000000451. The predicted octanol–water partition coefficient (Wildman–Crippen LogP) is -1.95. The van der Waals surface area contributed by atoms with Crippen LogP contribution in [0.3, 0.4) is 0 Å². The summed E-state index contributed by atoms with van der Waals surface area (Å²) in [5.41, 5.74) is 2.41. The molecule has 0 aromatic carbocycles. The first-order valence-electron chi connectivity index (χ1n) is 7.05. The van der Waals surface area contributed by atoms with E-state index in [1.165, 1.54) is 12.7 Å². The van der Waals surface area contributed by atoms with Gasteiger partial charge >= 0.3 is 32.4 Å². The zero-order chi connectivity index (χ0) is 17.4. The molecule has 6 N–H and O–H groups in total. The third-order valence-corrected chi connectivity index (χ3v) is 3.61. The molecule has 0 aliphatic heterocycles. The number of hydrogen-bond acceptors (Lipinski definition) is 8. The number of imidazole rings is 2. The molecule has 0 unspecified atom stereocenters. The predicted molar refractivity (Wildman–Crippen MR) is 88.3 cm³/mol. The maximum absolute atomic E-state index is 11.2. The van der Waals surface area contributed by atoms with Crippen molar-refractivity contribution in [1.29, 1.82) is 0 Å². The van der Waals surface area contributed by atoms with Crippen LogP contribution in [0.1, 0.15) is 0 Å². The number of aromatic nitrogens is 8. The third kappa shape index (κ3) is 4.35. The van der Waals surface area contributed by atoms with Gasteiger partial charge < -0.3 is 22.5 Å². The van der Waals surface area contributed by atoms with Crippen molar-refractivity contribution in [3.63, 3.8) is 0 Å². The van der Waals surface area contributed by atoms with Gasteiger partial charge in [-0.25, -0.2) is 19.1 Å². The van der Waals surface area contributed by atoms with Gasteiger partial charge in [-0.1, -0.05) is 9.97 Å². The van der Waals surface area contributed by atoms with Gasteiger partial charge in [0.15, 0.2) is 36.3 Å². The normalized spacial score (nSPS) is 9.63. The molecule has 12 nitrogen and oxygen atoms in total. The van der Waals surface area contributed by atoms with Gasteiger partial charge in [-0.15, -0.1) is 0 Å². The Morgan fingerprint density at radius 1 is 0.741 bits per heavy atom. The molecule has 0 saturated carbocycles. The molecule has 4 heterocycles. The fraction of sp³-hybridized carbons (Fsp3) is 0.286. The van der Waals surface area contributed by atoms with Crippen molar-refractivity contribution in [3.8, 4) is 11.8 Å². The molecule has 4 rings (SSSR count). The molecule has 0 amide bonds. The van der Waals surface area contributed by atoms with Gasteiger partial charge in [0.25, 0.3) is 0 Å².